The van der Waals surface area contributed by atoms with Gasteiger partial charge in [0, 0.05) is 24.1 Å². The van der Waals surface area contributed by atoms with Crippen LogP contribution in [0.1, 0.15) is 97.1 Å². The van der Waals surface area contributed by atoms with Crippen LogP contribution >= 0.6 is 0 Å². The Bertz CT molecular complexity index is 2010. The first kappa shape index (κ1) is 36.9. The summed E-state index contributed by atoms with van der Waals surface area (Å²) in [6.45, 7) is 7.98. The molecule has 13 heteroatoms. The van der Waals surface area contributed by atoms with E-state index >= 15 is 0 Å². The van der Waals surface area contributed by atoms with Crippen LogP contribution in [0.3, 0.4) is 0 Å². The summed E-state index contributed by atoms with van der Waals surface area (Å²) >= 11 is 0. The number of allylic oxidation sites excluding steroid dienone is 1. The molecule has 3 heterocycles. The third-order valence-corrected chi connectivity index (χ3v) is 13.7. The molecule has 2 aliphatic heterocycles. The Morgan fingerprint density at radius 1 is 1.08 bits per heavy atom. The number of benzene rings is 2. The molecule has 4 aliphatic rings. The van der Waals surface area contributed by atoms with Crippen molar-refractivity contribution in [1.82, 2.24) is 24.5 Å². The fourth-order valence-electron chi connectivity index (χ4n) is 7.85. The van der Waals surface area contributed by atoms with Crippen molar-refractivity contribution in [1.29, 1.82) is 0 Å². The quantitative estimate of drug-likeness (QED) is 0.247. The predicted molar refractivity (Wildman–Crippen MR) is 204 cm³/mol. The van der Waals surface area contributed by atoms with Crippen LogP contribution in [0.25, 0.3) is 11.0 Å². The maximum absolute atomic E-state index is 14.7. The van der Waals surface area contributed by atoms with Crippen LogP contribution in [-0.2, 0) is 30.8 Å². The molecular weight excluding hydrogens is 693 g/mol. The minimum atomic E-state index is -3.94. The molecule has 2 aromatic carbocycles. The third kappa shape index (κ3) is 7.28. The first-order valence-corrected chi connectivity index (χ1v) is 20.7. The molecule has 1 saturated heterocycles. The van der Waals surface area contributed by atoms with Crippen molar-refractivity contribution in [2.45, 2.75) is 126 Å². The molecule has 1 aromatic heterocycles. The number of carbonyl (C=O) groups excluding carboxylic acids is 3. The van der Waals surface area contributed by atoms with E-state index in [1.165, 1.54) is 0 Å². The van der Waals surface area contributed by atoms with Crippen LogP contribution in [0.4, 0.5) is 5.69 Å². The van der Waals surface area contributed by atoms with Crippen molar-refractivity contribution in [3.63, 3.8) is 0 Å². The number of rotatable bonds is 9. The van der Waals surface area contributed by atoms with Gasteiger partial charge in [-0.15, -0.1) is 0 Å². The van der Waals surface area contributed by atoms with Gasteiger partial charge < -0.3 is 20.3 Å². The number of amides is 3. The smallest absolute Gasteiger partial charge is 0.297 e. The van der Waals surface area contributed by atoms with Crippen molar-refractivity contribution in [3.05, 3.63) is 66.2 Å². The summed E-state index contributed by atoms with van der Waals surface area (Å²) in [7, 11) is -3.94. The second-order valence-electron chi connectivity index (χ2n) is 15.8. The van der Waals surface area contributed by atoms with Crippen molar-refractivity contribution in [2.75, 3.05) is 11.9 Å². The lowest BCUT2D eigenvalue weighted by Crippen LogP contribution is -2.58. The molecular formula is C40H52N6O6S. The van der Waals surface area contributed by atoms with Crippen LogP contribution in [0.5, 0.6) is 6.01 Å². The highest BCUT2D eigenvalue weighted by atomic mass is 32.2. The molecule has 3 N–H and O–H groups in total. The van der Waals surface area contributed by atoms with Gasteiger partial charge in [0.05, 0.1) is 22.3 Å². The number of nitrogens with zero attached hydrogens (tertiary/aromatic N) is 3. The summed E-state index contributed by atoms with van der Waals surface area (Å²) in [5, 5.41) is 6.41. The maximum atomic E-state index is 14.7. The van der Waals surface area contributed by atoms with E-state index in [-0.39, 0.29) is 37.3 Å². The standard InChI is InChI=1S/C40H52N6O6S/c1-5-27-15-14-20-32-34(27)42-38(46(32)26(2)3)52-30-23-33-35(47)43-40(37(49)44-53(50,51)39(4)21-22-39)24-28(40)16-10-7-6-8-13-19-31(36(48)45(33)25-30)41-29-17-11-9-12-18-29/h9-12,14-18,20,26,28,30-31,33,41H,5-8,13,19,21-25H2,1-4H3,(H,43,47)(H,44,49)/b16-10-/t28-,30+,31-,33-,40+/m0/s1. The van der Waals surface area contributed by atoms with Gasteiger partial charge >= 0.3 is 0 Å². The molecule has 0 unspecified atom stereocenters. The molecule has 3 aromatic rings. The summed E-state index contributed by atoms with van der Waals surface area (Å²) in [6.07, 6.45) is 9.52. The molecule has 0 radical (unpaired) electrons. The fourth-order valence-corrected chi connectivity index (χ4v) is 9.16. The van der Waals surface area contributed by atoms with Gasteiger partial charge in [-0.05, 0) is 89.5 Å². The number of para-hydroxylation sites is 2. The summed E-state index contributed by atoms with van der Waals surface area (Å²) < 4.78 is 36.4. The Morgan fingerprint density at radius 3 is 2.57 bits per heavy atom. The van der Waals surface area contributed by atoms with Crippen LogP contribution in [-0.4, -0.2) is 75.6 Å². The highest BCUT2D eigenvalue weighted by Crippen LogP contribution is 2.47. The molecule has 3 amide bonds. The van der Waals surface area contributed by atoms with Gasteiger partial charge in [0.25, 0.3) is 11.9 Å². The SMILES string of the molecule is CCc1cccc2c1nc(O[C@@H]1C[C@H]3C(=O)N[C@]4(C(=O)NS(=O)(=O)C5(C)CC5)C[C@@H]4/C=C\CCCCC[C@H](Nc4ccccc4)C(=O)N3C1)n2C(C)C. The normalized spacial score (nSPS) is 27.9. The summed E-state index contributed by atoms with van der Waals surface area (Å²) in [5.74, 6) is -1.84. The van der Waals surface area contributed by atoms with Crippen molar-refractivity contribution in [2.24, 2.45) is 5.92 Å². The Hall–Kier alpha value is -4.39. The molecule has 2 aliphatic carbocycles. The minimum absolute atomic E-state index is 0.0331. The number of aromatic nitrogens is 2. The summed E-state index contributed by atoms with van der Waals surface area (Å²) in [4.78, 5) is 49.6. The largest absolute Gasteiger partial charge is 0.459 e. The molecule has 5 atom stereocenters. The van der Waals surface area contributed by atoms with Crippen LogP contribution in [0.15, 0.2) is 60.7 Å². The number of ether oxygens (including phenoxy) is 1. The van der Waals surface area contributed by atoms with E-state index in [1.807, 2.05) is 59.2 Å². The van der Waals surface area contributed by atoms with Gasteiger partial charge in [-0.25, -0.2) is 8.42 Å². The lowest BCUT2D eigenvalue weighted by molar-refractivity contribution is -0.140. The third-order valence-electron chi connectivity index (χ3n) is 11.5. The topological polar surface area (TPSA) is 152 Å². The second kappa shape index (κ2) is 14.4. The van der Waals surface area contributed by atoms with E-state index in [9.17, 15) is 22.8 Å². The highest BCUT2D eigenvalue weighted by Gasteiger charge is 2.63. The zero-order valence-electron chi connectivity index (χ0n) is 31.1. The number of anilines is 1. The molecule has 2 saturated carbocycles. The Kier molecular flexibility index (Phi) is 10.1. The number of aryl methyl sites for hydroxylation is 1. The molecule has 0 spiro atoms. The zero-order chi connectivity index (χ0) is 37.5. The molecule has 284 valence electrons. The van der Waals surface area contributed by atoms with Crippen LogP contribution in [0, 0.1) is 5.92 Å². The number of sulfonamides is 1. The van der Waals surface area contributed by atoms with E-state index in [1.54, 1.807) is 11.8 Å². The Morgan fingerprint density at radius 2 is 1.85 bits per heavy atom. The van der Waals surface area contributed by atoms with E-state index in [0.29, 0.717) is 25.3 Å². The number of fused-ring (bicyclic) bond motifs is 3. The van der Waals surface area contributed by atoms with Crippen LogP contribution < -0.4 is 20.1 Å². The number of carbonyl (C=O) groups is 3. The van der Waals surface area contributed by atoms with Gasteiger partial charge in [0.15, 0.2) is 0 Å². The molecule has 3 fully saturated rings. The van der Waals surface area contributed by atoms with Crippen molar-refractivity contribution in [3.8, 4) is 6.01 Å². The van der Waals surface area contributed by atoms with Gasteiger partial charge in [0.2, 0.25) is 21.8 Å². The van der Waals surface area contributed by atoms with E-state index in [2.05, 4.69) is 42.2 Å². The number of hydrogen-bond donors (Lipinski definition) is 3. The zero-order valence-corrected chi connectivity index (χ0v) is 32.0. The highest BCUT2D eigenvalue weighted by molar-refractivity contribution is 7.91. The minimum Gasteiger partial charge on any atom is -0.459 e. The Labute approximate surface area is 312 Å². The monoisotopic (exact) mass is 744 g/mol. The Balaban J connectivity index is 1.22. The van der Waals surface area contributed by atoms with Gasteiger partial charge in [0.1, 0.15) is 23.7 Å². The summed E-state index contributed by atoms with van der Waals surface area (Å²) in [5.41, 5.74) is 2.29. The average molecular weight is 745 g/mol. The van der Waals surface area contributed by atoms with Gasteiger partial charge in [-0.1, -0.05) is 62.2 Å². The number of nitrogens with one attached hydrogen (secondary N) is 3. The summed E-state index contributed by atoms with van der Waals surface area (Å²) in [6, 6.07) is 14.6. The number of hydrogen-bond acceptors (Lipinski definition) is 8. The van der Waals surface area contributed by atoms with E-state index in [0.717, 1.165) is 54.4 Å². The van der Waals surface area contributed by atoms with Gasteiger partial charge in [-0.3, -0.25) is 23.7 Å². The lowest BCUT2D eigenvalue weighted by atomic mass is 10.0. The van der Waals surface area contributed by atoms with Crippen molar-refractivity contribution < 1.29 is 27.5 Å². The van der Waals surface area contributed by atoms with E-state index < -0.39 is 50.3 Å². The second-order valence-corrected chi connectivity index (χ2v) is 18.0. The first-order chi connectivity index (χ1) is 25.4. The van der Waals surface area contributed by atoms with E-state index in [4.69, 9.17) is 9.72 Å². The molecule has 0 bridgehead atoms. The lowest BCUT2D eigenvalue weighted by Gasteiger charge is -2.30. The fraction of sp³-hybridized carbons (Fsp3) is 0.550. The maximum Gasteiger partial charge on any atom is 0.297 e. The van der Waals surface area contributed by atoms with Crippen molar-refractivity contribution >= 4 is 44.5 Å². The molecule has 53 heavy (non-hydrogen) atoms. The van der Waals surface area contributed by atoms with Crippen LogP contribution in [0.2, 0.25) is 0 Å². The average Bonchev–Trinajstić information content (AvgIpc) is 3.95. The van der Waals surface area contributed by atoms with Gasteiger partial charge in [-0.2, -0.15) is 4.98 Å². The molecule has 7 rings (SSSR count). The first-order valence-electron chi connectivity index (χ1n) is 19.2. The predicted octanol–water partition coefficient (Wildman–Crippen LogP) is 5.40. The number of imidazole rings is 1. The molecule has 12 nitrogen and oxygen atoms in total.